The first-order valence-electron chi connectivity index (χ1n) is 7.85. The molecule has 1 aromatic heterocycles. The van der Waals surface area contributed by atoms with E-state index >= 15 is 0 Å². The number of fused-ring (bicyclic) bond motifs is 1. The maximum Gasteiger partial charge on any atom is 0.282 e. The predicted octanol–water partition coefficient (Wildman–Crippen LogP) is 1.43. The van der Waals surface area contributed by atoms with Gasteiger partial charge in [-0.15, -0.1) is 0 Å². The largest absolute Gasteiger partial charge is 0.335 e. The van der Waals surface area contributed by atoms with Crippen LogP contribution in [0.1, 0.15) is 37.9 Å². The second kappa shape index (κ2) is 5.90. The standard InChI is InChI=1S/C15H20F2N4O2/c1-2-3-13(22)19-7-11-4-5-18-21(11)12(8-19)6-14(23)20-9-15(16,17)10-20/h4-5,12H,2-3,6-10H2,1H3/t12-/m0/s1. The van der Waals surface area contributed by atoms with E-state index in [1.807, 2.05) is 13.0 Å². The third-order valence-corrected chi connectivity index (χ3v) is 4.31. The van der Waals surface area contributed by atoms with E-state index < -0.39 is 19.0 Å². The Morgan fingerprint density at radius 2 is 2.04 bits per heavy atom. The number of aromatic nitrogens is 2. The number of rotatable bonds is 4. The average molecular weight is 326 g/mol. The van der Waals surface area contributed by atoms with Crippen molar-refractivity contribution in [1.29, 1.82) is 0 Å². The summed E-state index contributed by atoms with van der Waals surface area (Å²) in [5.74, 6) is -3.03. The highest BCUT2D eigenvalue weighted by molar-refractivity contribution is 5.78. The predicted molar refractivity (Wildman–Crippen MR) is 77.7 cm³/mol. The van der Waals surface area contributed by atoms with E-state index in [-0.39, 0.29) is 24.3 Å². The highest BCUT2D eigenvalue weighted by atomic mass is 19.3. The maximum absolute atomic E-state index is 12.9. The number of nitrogens with zero attached hydrogens (tertiary/aromatic N) is 4. The number of halogens is 2. The topological polar surface area (TPSA) is 58.4 Å². The van der Waals surface area contributed by atoms with Gasteiger partial charge in [0, 0.05) is 19.2 Å². The lowest BCUT2D eigenvalue weighted by atomic mass is 10.1. The molecule has 0 aliphatic carbocycles. The maximum atomic E-state index is 12.9. The molecule has 2 aliphatic rings. The SMILES string of the molecule is CCCC(=O)N1Cc2ccnn2[C@@H](CC(=O)N2CC(F)(F)C2)C1. The molecule has 6 nitrogen and oxygen atoms in total. The fourth-order valence-corrected chi connectivity index (χ4v) is 3.12. The summed E-state index contributed by atoms with van der Waals surface area (Å²) in [6.45, 7) is 1.79. The minimum Gasteiger partial charge on any atom is -0.335 e. The van der Waals surface area contributed by atoms with Crippen LogP contribution >= 0.6 is 0 Å². The van der Waals surface area contributed by atoms with Crippen LogP contribution in [0.4, 0.5) is 8.78 Å². The Labute approximate surface area is 133 Å². The molecule has 1 atom stereocenters. The van der Waals surface area contributed by atoms with Gasteiger partial charge in [-0.25, -0.2) is 8.78 Å². The Morgan fingerprint density at radius 1 is 1.30 bits per heavy atom. The molecule has 0 spiro atoms. The van der Waals surface area contributed by atoms with Crippen molar-refractivity contribution in [2.24, 2.45) is 0 Å². The van der Waals surface area contributed by atoms with Gasteiger partial charge >= 0.3 is 0 Å². The highest BCUT2D eigenvalue weighted by Gasteiger charge is 2.46. The van der Waals surface area contributed by atoms with Crippen LogP contribution in [0.3, 0.4) is 0 Å². The summed E-state index contributed by atoms with van der Waals surface area (Å²) in [6.07, 6.45) is 2.95. The van der Waals surface area contributed by atoms with Gasteiger partial charge < -0.3 is 9.80 Å². The molecule has 0 N–H and O–H groups in total. The third kappa shape index (κ3) is 3.20. The van der Waals surface area contributed by atoms with Crippen LogP contribution in [0, 0.1) is 0 Å². The van der Waals surface area contributed by atoms with Crippen molar-refractivity contribution in [1.82, 2.24) is 19.6 Å². The molecule has 1 aromatic rings. The van der Waals surface area contributed by atoms with E-state index in [1.54, 1.807) is 15.8 Å². The fourth-order valence-electron chi connectivity index (χ4n) is 3.12. The van der Waals surface area contributed by atoms with Crippen LogP contribution in [0.15, 0.2) is 12.3 Å². The quantitative estimate of drug-likeness (QED) is 0.841. The molecule has 2 aliphatic heterocycles. The number of hydrogen-bond donors (Lipinski definition) is 0. The van der Waals surface area contributed by atoms with Gasteiger partial charge in [0.2, 0.25) is 11.8 Å². The second-order valence-corrected chi connectivity index (χ2v) is 6.26. The lowest BCUT2D eigenvalue weighted by molar-refractivity contribution is -0.166. The van der Waals surface area contributed by atoms with Crippen molar-refractivity contribution in [3.05, 3.63) is 18.0 Å². The third-order valence-electron chi connectivity index (χ3n) is 4.31. The van der Waals surface area contributed by atoms with Gasteiger partial charge in [-0.2, -0.15) is 5.10 Å². The van der Waals surface area contributed by atoms with Crippen LogP contribution in [-0.4, -0.2) is 57.0 Å². The molecular weight excluding hydrogens is 306 g/mol. The number of carbonyl (C=O) groups excluding carboxylic acids is 2. The highest BCUT2D eigenvalue weighted by Crippen LogP contribution is 2.30. The van der Waals surface area contributed by atoms with Crippen molar-refractivity contribution in [2.45, 2.75) is 44.7 Å². The molecule has 0 radical (unpaired) electrons. The minimum absolute atomic E-state index is 0.0490. The zero-order valence-electron chi connectivity index (χ0n) is 13.0. The Hall–Kier alpha value is -1.99. The van der Waals surface area contributed by atoms with E-state index in [1.165, 1.54) is 0 Å². The Morgan fingerprint density at radius 3 is 2.70 bits per heavy atom. The van der Waals surface area contributed by atoms with Crippen molar-refractivity contribution < 1.29 is 18.4 Å². The van der Waals surface area contributed by atoms with E-state index in [9.17, 15) is 18.4 Å². The first-order valence-corrected chi connectivity index (χ1v) is 7.85. The normalized spacial score (nSPS) is 22.5. The van der Waals surface area contributed by atoms with Gasteiger partial charge in [-0.05, 0) is 12.5 Å². The second-order valence-electron chi connectivity index (χ2n) is 6.26. The van der Waals surface area contributed by atoms with Crippen molar-refractivity contribution in [3.8, 4) is 0 Å². The monoisotopic (exact) mass is 326 g/mol. The molecule has 0 saturated carbocycles. The van der Waals surface area contributed by atoms with Crippen molar-refractivity contribution in [3.63, 3.8) is 0 Å². The number of likely N-dealkylation sites (tertiary alicyclic amines) is 1. The molecule has 1 saturated heterocycles. The van der Waals surface area contributed by atoms with E-state index in [0.29, 0.717) is 19.5 Å². The average Bonchev–Trinajstić information content (AvgIpc) is 2.93. The molecule has 3 rings (SSSR count). The van der Waals surface area contributed by atoms with Crippen LogP contribution < -0.4 is 0 Å². The minimum atomic E-state index is -2.76. The van der Waals surface area contributed by atoms with Gasteiger partial charge in [0.25, 0.3) is 5.92 Å². The number of hydrogen-bond acceptors (Lipinski definition) is 3. The van der Waals surface area contributed by atoms with Gasteiger partial charge in [-0.3, -0.25) is 14.3 Å². The van der Waals surface area contributed by atoms with Crippen molar-refractivity contribution in [2.75, 3.05) is 19.6 Å². The lowest BCUT2D eigenvalue weighted by Crippen LogP contribution is -2.59. The number of carbonyl (C=O) groups is 2. The number of amides is 2. The van der Waals surface area contributed by atoms with E-state index in [4.69, 9.17) is 0 Å². The fraction of sp³-hybridized carbons (Fsp3) is 0.667. The molecular formula is C15H20F2N4O2. The molecule has 8 heteroatoms. The van der Waals surface area contributed by atoms with E-state index in [0.717, 1.165) is 17.0 Å². The van der Waals surface area contributed by atoms with Crippen LogP contribution in [0.5, 0.6) is 0 Å². The summed E-state index contributed by atoms with van der Waals surface area (Å²) in [7, 11) is 0. The Kier molecular flexibility index (Phi) is 4.08. The first kappa shape index (κ1) is 15.9. The molecule has 126 valence electrons. The smallest absolute Gasteiger partial charge is 0.282 e. The van der Waals surface area contributed by atoms with Crippen LogP contribution in [0.2, 0.25) is 0 Å². The molecule has 0 bridgehead atoms. The van der Waals surface area contributed by atoms with Crippen LogP contribution in [0.25, 0.3) is 0 Å². The number of alkyl halides is 2. The molecule has 3 heterocycles. The van der Waals surface area contributed by atoms with E-state index in [2.05, 4.69) is 5.10 Å². The first-order chi connectivity index (χ1) is 10.9. The summed E-state index contributed by atoms with van der Waals surface area (Å²) < 4.78 is 27.6. The molecule has 2 amide bonds. The molecule has 23 heavy (non-hydrogen) atoms. The van der Waals surface area contributed by atoms with Crippen molar-refractivity contribution >= 4 is 11.8 Å². The Bertz CT molecular complexity index is 608. The van der Waals surface area contributed by atoms with Gasteiger partial charge in [0.15, 0.2) is 0 Å². The zero-order chi connectivity index (χ0) is 16.6. The molecule has 0 unspecified atom stereocenters. The van der Waals surface area contributed by atoms with Gasteiger partial charge in [-0.1, -0.05) is 6.92 Å². The van der Waals surface area contributed by atoms with Gasteiger partial charge in [0.1, 0.15) is 0 Å². The summed E-state index contributed by atoms with van der Waals surface area (Å²) in [6, 6.07) is 1.52. The molecule has 0 aromatic carbocycles. The van der Waals surface area contributed by atoms with Crippen LogP contribution in [-0.2, 0) is 16.1 Å². The summed E-state index contributed by atoms with van der Waals surface area (Å²) in [5.41, 5.74) is 0.868. The molecule has 1 fully saturated rings. The lowest BCUT2D eigenvalue weighted by Gasteiger charge is -2.40. The van der Waals surface area contributed by atoms with Gasteiger partial charge in [0.05, 0.1) is 37.8 Å². The summed E-state index contributed by atoms with van der Waals surface area (Å²) in [5, 5.41) is 4.22. The summed E-state index contributed by atoms with van der Waals surface area (Å²) >= 11 is 0. The Balaban J connectivity index is 1.68. The zero-order valence-corrected chi connectivity index (χ0v) is 13.0. The summed E-state index contributed by atoms with van der Waals surface area (Å²) in [4.78, 5) is 27.2.